The quantitative estimate of drug-likeness (QED) is 0.859. The van der Waals surface area contributed by atoms with Crippen molar-refractivity contribution >= 4 is 55.8 Å². The predicted octanol–water partition coefficient (Wildman–Crippen LogP) is 3.65. The van der Waals surface area contributed by atoms with Gasteiger partial charge in [-0.25, -0.2) is 9.37 Å². The zero-order valence-electron chi connectivity index (χ0n) is 8.63. The van der Waals surface area contributed by atoms with Gasteiger partial charge in [0.2, 0.25) is 5.91 Å². The monoisotopic (exact) mass is 292 g/mol. The number of aromatic nitrogens is 1. The summed E-state index contributed by atoms with van der Waals surface area (Å²) in [6.45, 7) is 1.55. The first-order chi connectivity index (χ1) is 7.97. The third kappa shape index (κ3) is 2.68. The average Bonchev–Trinajstić information content (AvgIpc) is 2.60. The SMILES string of the molecule is CC(Cl)C(=O)Nc1nc2c(Cl)cc(F)cc2s1. The van der Waals surface area contributed by atoms with Gasteiger partial charge < -0.3 is 5.32 Å². The van der Waals surface area contributed by atoms with Crippen molar-refractivity contribution in [1.82, 2.24) is 4.98 Å². The van der Waals surface area contributed by atoms with Crippen molar-refractivity contribution in [2.24, 2.45) is 0 Å². The maximum Gasteiger partial charge on any atom is 0.243 e. The molecule has 2 rings (SSSR count). The third-order valence-electron chi connectivity index (χ3n) is 2.00. The molecule has 0 bridgehead atoms. The van der Waals surface area contributed by atoms with E-state index in [0.717, 1.165) is 11.3 Å². The van der Waals surface area contributed by atoms with Crippen LogP contribution in [0.1, 0.15) is 6.92 Å². The molecule has 3 nitrogen and oxygen atoms in total. The first-order valence-corrected chi connectivity index (χ1v) is 6.31. The van der Waals surface area contributed by atoms with E-state index in [2.05, 4.69) is 10.3 Å². The maximum absolute atomic E-state index is 13.1. The highest BCUT2D eigenvalue weighted by molar-refractivity contribution is 7.22. The number of hydrogen-bond acceptors (Lipinski definition) is 3. The minimum Gasteiger partial charge on any atom is -0.301 e. The van der Waals surface area contributed by atoms with Gasteiger partial charge in [-0.15, -0.1) is 11.6 Å². The van der Waals surface area contributed by atoms with Gasteiger partial charge in [0, 0.05) is 0 Å². The number of alkyl halides is 1. The fraction of sp³-hybridized carbons (Fsp3) is 0.200. The lowest BCUT2D eigenvalue weighted by molar-refractivity contribution is -0.115. The molecule has 1 unspecified atom stereocenters. The molecule has 1 aromatic heterocycles. The number of thiazole rings is 1. The van der Waals surface area contributed by atoms with Crippen molar-refractivity contribution < 1.29 is 9.18 Å². The summed E-state index contributed by atoms with van der Waals surface area (Å²) >= 11 is 12.6. The van der Waals surface area contributed by atoms with Gasteiger partial charge in [0.05, 0.1) is 9.72 Å². The molecule has 1 atom stereocenters. The summed E-state index contributed by atoms with van der Waals surface area (Å²) in [4.78, 5) is 15.5. The van der Waals surface area contributed by atoms with Crippen LogP contribution in [0.25, 0.3) is 10.2 Å². The molecule has 0 aliphatic carbocycles. The van der Waals surface area contributed by atoms with E-state index in [-0.39, 0.29) is 10.9 Å². The van der Waals surface area contributed by atoms with E-state index in [1.165, 1.54) is 12.1 Å². The molecule has 1 heterocycles. The molecule has 1 amide bonds. The molecule has 1 N–H and O–H groups in total. The lowest BCUT2D eigenvalue weighted by Crippen LogP contribution is -2.19. The number of anilines is 1. The normalized spacial score (nSPS) is 12.7. The number of carbonyl (C=O) groups excluding carboxylic acids is 1. The van der Waals surface area contributed by atoms with Crippen LogP contribution in [0.3, 0.4) is 0 Å². The number of benzene rings is 1. The lowest BCUT2D eigenvalue weighted by Gasteiger charge is -2.01. The summed E-state index contributed by atoms with van der Waals surface area (Å²) in [7, 11) is 0. The fourth-order valence-electron chi connectivity index (χ4n) is 1.22. The molecule has 0 fully saturated rings. The maximum atomic E-state index is 13.1. The Balaban J connectivity index is 2.38. The van der Waals surface area contributed by atoms with Crippen LogP contribution in [0.4, 0.5) is 9.52 Å². The minimum absolute atomic E-state index is 0.218. The van der Waals surface area contributed by atoms with E-state index in [1.54, 1.807) is 6.92 Å². The number of amides is 1. The van der Waals surface area contributed by atoms with Gasteiger partial charge in [0.15, 0.2) is 5.13 Å². The summed E-state index contributed by atoms with van der Waals surface area (Å²) in [6.07, 6.45) is 0. The Bertz CT molecular complexity index is 585. The van der Waals surface area contributed by atoms with Crippen LogP contribution in [-0.4, -0.2) is 16.3 Å². The van der Waals surface area contributed by atoms with Gasteiger partial charge in [0.25, 0.3) is 0 Å². The average molecular weight is 293 g/mol. The Hall–Kier alpha value is -0.910. The largest absolute Gasteiger partial charge is 0.301 e. The number of fused-ring (bicyclic) bond motifs is 1. The van der Waals surface area contributed by atoms with E-state index >= 15 is 0 Å². The fourth-order valence-corrected chi connectivity index (χ4v) is 2.50. The molecule has 0 saturated carbocycles. The Labute approximate surface area is 111 Å². The van der Waals surface area contributed by atoms with Crippen molar-refractivity contribution in [2.45, 2.75) is 12.3 Å². The molecular formula is C10H7Cl2FN2OS. The Morgan fingerprint density at radius 1 is 1.59 bits per heavy atom. The van der Waals surface area contributed by atoms with Gasteiger partial charge in [-0.3, -0.25) is 4.79 Å². The van der Waals surface area contributed by atoms with Crippen molar-refractivity contribution in [1.29, 1.82) is 0 Å². The van der Waals surface area contributed by atoms with E-state index in [9.17, 15) is 9.18 Å². The summed E-state index contributed by atoms with van der Waals surface area (Å²) in [5.41, 5.74) is 0.468. The van der Waals surface area contributed by atoms with Gasteiger partial charge in [-0.05, 0) is 19.1 Å². The molecule has 1 aromatic carbocycles. The molecule has 17 heavy (non-hydrogen) atoms. The van der Waals surface area contributed by atoms with E-state index in [1.807, 2.05) is 0 Å². The first kappa shape index (κ1) is 12.5. The molecule has 0 aliphatic rings. The van der Waals surface area contributed by atoms with Crippen LogP contribution in [0.5, 0.6) is 0 Å². The molecule has 0 saturated heterocycles. The van der Waals surface area contributed by atoms with Gasteiger partial charge in [0.1, 0.15) is 16.7 Å². The van der Waals surface area contributed by atoms with Crippen LogP contribution < -0.4 is 5.32 Å². The Kier molecular flexibility index (Phi) is 3.51. The molecule has 90 valence electrons. The molecular weight excluding hydrogens is 286 g/mol. The van der Waals surface area contributed by atoms with E-state index in [4.69, 9.17) is 23.2 Å². The number of nitrogens with one attached hydrogen (secondary N) is 1. The number of nitrogens with zero attached hydrogens (tertiary/aromatic N) is 1. The highest BCUT2D eigenvalue weighted by atomic mass is 35.5. The summed E-state index contributed by atoms with van der Waals surface area (Å²) in [5.74, 6) is -0.794. The van der Waals surface area contributed by atoms with Gasteiger partial charge >= 0.3 is 0 Å². The van der Waals surface area contributed by atoms with Crippen molar-refractivity contribution in [3.8, 4) is 0 Å². The van der Waals surface area contributed by atoms with Crippen molar-refractivity contribution in [3.05, 3.63) is 23.0 Å². The third-order valence-corrected chi connectivity index (χ3v) is 3.41. The summed E-state index contributed by atoms with van der Waals surface area (Å²) in [5, 5.41) is 2.44. The van der Waals surface area contributed by atoms with Gasteiger partial charge in [-0.1, -0.05) is 22.9 Å². The smallest absolute Gasteiger partial charge is 0.243 e. The lowest BCUT2D eigenvalue weighted by atomic mass is 10.3. The van der Waals surface area contributed by atoms with Crippen molar-refractivity contribution in [3.63, 3.8) is 0 Å². The molecule has 0 spiro atoms. The second-order valence-electron chi connectivity index (χ2n) is 3.36. The van der Waals surface area contributed by atoms with E-state index in [0.29, 0.717) is 15.3 Å². The minimum atomic E-state index is -0.658. The predicted molar refractivity (Wildman–Crippen MR) is 68.5 cm³/mol. The highest BCUT2D eigenvalue weighted by Gasteiger charge is 2.14. The first-order valence-electron chi connectivity index (χ1n) is 4.68. The molecule has 2 aromatic rings. The van der Waals surface area contributed by atoms with Crippen LogP contribution >= 0.6 is 34.5 Å². The summed E-state index contributed by atoms with van der Waals surface area (Å²) in [6, 6.07) is 2.50. The van der Waals surface area contributed by atoms with Crippen molar-refractivity contribution in [2.75, 3.05) is 5.32 Å². The molecule has 0 radical (unpaired) electrons. The van der Waals surface area contributed by atoms with Crippen LogP contribution in [0.2, 0.25) is 5.02 Å². The Morgan fingerprint density at radius 2 is 2.29 bits per heavy atom. The molecule has 7 heteroatoms. The Morgan fingerprint density at radius 3 is 2.94 bits per heavy atom. The van der Waals surface area contributed by atoms with Gasteiger partial charge in [-0.2, -0.15) is 0 Å². The van der Waals surface area contributed by atoms with Crippen LogP contribution in [-0.2, 0) is 4.79 Å². The number of hydrogen-bond donors (Lipinski definition) is 1. The summed E-state index contributed by atoms with van der Waals surface area (Å²) < 4.78 is 13.7. The van der Waals surface area contributed by atoms with E-state index < -0.39 is 11.2 Å². The second kappa shape index (κ2) is 4.76. The van der Waals surface area contributed by atoms with Crippen LogP contribution in [0, 0.1) is 5.82 Å². The number of rotatable bonds is 2. The van der Waals surface area contributed by atoms with Crippen LogP contribution in [0.15, 0.2) is 12.1 Å². The molecule has 0 aliphatic heterocycles. The highest BCUT2D eigenvalue weighted by Crippen LogP contribution is 2.31. The zero-order valence-corrected chi connectivity index (χ0v) is 11.0. The second-order valence-corrected chi connectivity index (χ2v) is 5.45. The number of halogens is 3. The zero-order chi connectivity index (χ0) is 12.6. The number of carbonyl (C=O) groups is 1. The standard InChI is InChI=1S/C10H7Cl2FN2OS/c1-4(11)9(16)15-10-14-8-6(12)2-5(13)3-7(8)17-10/h2-4H,1H3,(H,14,15,16). The topological polar surface area (TPSA) is 42.0 Å².